The average Bonchev–Trinajstić information content (AvgIpc) is 3.24. The van der Waals surface area contributed by atoms with Gasteiger partial charge in [0.15, 0.2) is 11.5 Å². The Kier molecular flexibility index (Phi) is 3.75. The first-order valence-corrected chi connectivity index (χ1v) is 9.37. The number of aryl methyl sites for hydroxylation is 1. The Morgan fingerprint density at radius 1 is 1.07 bits per heavy atom. The molecule has 0 aliphatic carbocycles. The molecule has 3 aromatic rings. The summed E-state index contributed by atoms with van der Waals surface area (Å²) in [7, 11) is 5.31. The molecule has 6 heteroatoms. The Bertz CT molecular complexity index is 1090. The van der Waals surface area contributed by atoms with Gasteiger partial charge in [0.2, 0.25) is 0 Å². The number of cyclic esters (lactones) is 1. The quantitative estimate of drug-likeness (QED) is 0.698. The van der Waals surface area contributed by atoms with Gasteiger partial charge >= 0.3 is 6.09 Å². The zero-order chi connectivity index (χ0) is 19.4. The van der Waals surface area contributed by atoms with Crippen molar-refractivity contribution in [3.8, 4) is 11.5 Å². The zero-order valence-electron chi connectivity index (χ0n) is 16.1. The van der Waals surface area contributed by atoms with Crippen LogP contribution in [0.5, 0.6) is 11.5 Å². The first kappa shape index (κ1) is 17.0. The van der Waals surface area contributed by atoms with Crippen molar-refractivity contribution >= 4 is 17.0 Å². The molecule has 1 fully saturated rings. The van der Waals surface area contributed by atoms with Crippen LogP contribution < -0.4 is 9.47 Å². The Balaban J connectivity index is 1.77. The fraction of sp³-hybridized carbons (Fsp3) is 0.318. The summed E-state index contributed by atoms with van der Waals surface area (Å²) in [6.07, 6.45) is 0.535. The first-order valence-electron chi connectivity index (χ1n) is 9.37. The van der Waals surface area contributed by atoms with Gasteiger partial charge in [-0.2, -0.15) is 0 Å². The van der Waals surface area contributed by atoms with Gasteiger partial charge in [0.1, 0.15) is 12.6 Å². The van der Waals surface area contributed by atoms with Gasteiger partial charge in [-0.15, -0.1) is 0 Å². The molecule has 2 aromatic carbocycles. The number of carbonyl (C=O) groups excluding carboxylic acids is 1. The number of para-hydroxylation sites is 1. The standard InChI is InChI=1S/C22H22N2O4/c1-23-17-7-5-4-6-15(17)16-11-14-12-28-22(25)24(14)20(21(16)23)13-8-9-18(26-2)19(10-13)27-3/h4-10,14,20H,11-12H2,1-3H3. The smallest absolute Gasteiger partial charge is 0.411 e. The molecule has 144 valence electrons. The molecule has 0 spiro atoms. The van der Waals surface area contributed by atoms with E-state index >= 15 is 0 Å². The third-order valence-corrected chi connectivity index (χ3v) is 5.96. The second-order valence-electron chi connectivity index (χ2n) is 7.30. The highest BCUT2D eigenvalue weighted by molar-refractivity contribution is 5.87. The zero-order valence-corrected chi connectivity index (χ0v) is 16.1. The molecule has 1 aromatic heterocycles. The summed E-state index contributed by atoms with van der Waals surface area (Å²) in [6.45, 7) is 0.422. The van der Waals surface area contributed by atoms with E-state index in [1.165, 1.54) is 16.5 Å². The minimum absolute atomic E-state index is 0.0314. The lowest BCUT2D eigenvalue weighted by atomic mass is 9.89. The molecule has 2 aliphatic rings. The normalized spacial score (nSPS) is 20.7. The SMILES string of the molecule is COc1ccc(C2c3c(c4ccccc4n3C)CC3COC(=O)N32)cc1OC. The van der Waals surface area contributed by atoms with Crippen LogP contribution in [0.1, 0.15) is 22.9 Å². The van der Waals surface area contributed by atoms with E-state index in [2.05, 4.69) is 35.9 Å². The van der Waals surface area contributed by atoms with E-state index in [0.717, 1.165) is 17.7 Å². The van der Waals surface area contributed by atoms with Crippen LogP contribution in [0.4, 0.5) is 4.79 Å². The molecule has 2 aliphatic heterocycles. The Hall–Kier alpha value is -3.15. The minimum atomic E-state index is -0.263. The molecule has 6 nitrogen and oxygen atoms in total. The van der Waals surface area contributed by atoms with Gasteiger partial charge in [-0.25, -0.2) is 4.79 Å². The van der Waals surface area contributed by atoms with E-state index in [-0.39, 0.29) is 18.2 Å². The van der Waals surface area contributed by atoms with Crippen LogP contribution in [0, 0.1) is 0 Å². The van der Waals surface area contributed by atoms with E-state index in [4.69, 9.17) is 14.2 Å². The molecule has 5 rings (SSSR count). The summed E-state index contributed by atoms with van der Waals surface area (Å²) in [6, 6.07) is 14.0. The van der Waals surface area contributed by atoms with Gasteiger partial charge in [-0.3, -0.25) is 4.90 Å². The molecule has 28 heavy (non-hydrogen) atoms. The predicted octanol–water partition coefficient (Wildman–Crippen LogP) is 3.66. The van der Waals surface area contributed by atoms with Gasteiger partial charge < -0.3 is 18.8 Å². The number of ether oxygens (including phenoxy) is 3. The maximum absolute atomic E-state index is 12.6. The monoisotopic (exact) mass is 378 g/mol. The highest BCUT2D eigenvalue weighted by atomic mass is 16.6. The van der Waals surface area contributed by atoms with E-state index in [0.29, 0.717) is 18.1 Å². The molecule has 0 saturated carbocycles. The van der Waals surface area contributed by atoms with Crippen LogP contribution in [-0.4, -0.2) is 42.4 Å². The molecular formula is C22H22N2O4. The van der Waals surface area contributed by atoms with Crippen molar-refractivity contribution in [2.75, 3.05) is 20.8 Å². The summed E-state index contributed by atoms with van der Waals surface area (Å²) in [5.74, 6) is 1.31. The van der Waals surface area contributed by atoms with E-state index < -0.39 is 0 Å². The van der Waals surface area contributed by atoms with Crippen LogP contribution in [0.3, 0.4) is 0 Å². The predicted molar refractivity (Wildman–Crippen MR) is 105 cm³/mol. The lowest BCUT2D eigenvalue weighted by Gasteiger charge is -2.36. The molecule has 2 unspecified atom stereocenters. The second kappa shape index (κ2) is 6.19. The number of hydrogen-bond acceptors (Lipinski definition) is 4. The topological polar surface area (TPSA) is 52.9 Å². The van der Waals surface area contributed by atoms with Gasteiger partial charge in [-0.05, 0) is 35.7 Å². The van der Waals surface area contributed by atoms with Gasteiger partial charge in [0.25, 0.3) is 0 Å². The molecule has 0 radical (unpaired) electrons. The number of rotatable bonds is 3. The maximum atomic E-state index is 12.6. The van der Waals surface area contributed by atoms with Crippen LogP contribution in [0.15, 0.2) is 42.5 Å². The summed E-state index contributed by atoms with van der Waals surface area (Å²) in [4.78, 5) is 14.5. The molecule has 3 heterocycles. The summed E-state index contributed by atoms with van der Waals surface area (Å²) in [5.41, 5.74) is 4.57. The van der Waals surface area contributed by atoms with Crippen LogP contribution in [0.25, 0.3) is 10.9 Å². The number of benzene rings is 2. The van der Waals surface area contributed by atoms with E-state index in [1.807, 2.05) is 23.1 Å². The lowest BCUT2D eigenvalue weighted by molar-refractivity contribution is 0.146. The minimum Gasteiger partial charge on any atom is -0.493 e. The fourth-order valence-electron chi connectivity index (χ4n) is 4.71. The Morgan fingerprint density at radius 2 is 1.86 bits per heavy atom. The maximum Gasteiger partial charge on any atom is 0.411 e. The summed E-state index contributed by atoms with van der Waals surface area (Å²) in [5, 5.41) is 1.24. The second-order valence-corrected chi connectivity index (χ2v) is 7.30. The van der Waals surface area contributed by atoms with E-state index in [1.54, 1.807) is 14.2 Å². The number of hydrogen-bond donors (Lipinski definition) is 0. The van der Waals surface area contributed by atoms with Crippen LogP contribution >= 0.6 is 0 Å². The number of aromatic nitrogens is 1. The molecule has 0 N–H and O–H groups in total. The van der Waals surface area contributed by atoms with Crippen molar-refractivity contribution < 1.29 is 19.0 Å². The molecule has 2 atom stereocenters. The summed E-state index contributed by atoms with van der Waals surface area (Å²) < 4.78 is 18.5. The largest absolute Gasteiger partial charge is 0.493 e. The first-order chi connectivity index (χ1) is 13.6. The Morgan fingerprint density at radius 3 is 2.64 bits per heavy atom. The van der Waals surface area contributed by atoms with Crippen molar-refractivity contribution in [1.82, 2.24) is 9.47 Å². The molecular weight excluding hydrogens is 356 g/mol. The van der Waals surface area contributed by atoms with Crippen molar-refractivity contribution in [1.29, 1.82) is 0 Å². The van der Waals surface area contributed by atoms with Crippen molar-refractivity contribution in [2.24, 2.45) is 7.05 Å². The number of nitrogens with zero attached hydrogens (tertiary/aromatic N) is 2. The van der Waals surface area contributed by atoms with Gasteiger partial charge in [0.05, 0.1) is 20.3 Å². The van der Waals surface area contributed by atoms with Crippen molar-refractivity contribution in [3.05, 3.63) is 59.3 Å². The number of carbonyl (C=O) groups is 1. The number of amides is 1. The van der Waals surface area contributed by atoms with Crippen molar-refractivity contribution in [2.45, 2.75) is 18.5 Å². The van der Waals surface area contributed by atoms with Crippen molar-refractivity contribution in [3.63, 3.8) is 0 Å². The number of methoxy groups -OCH3 is 2. The van der Waals surface area contributed by atoms with E-state index in [9.17, 15) is 4.79 Å². The molecule has 1 saturated heterocycles. The third kappa shape index (κ3) is 2.24. The lowest BCUT2D eigenvalue weighted by Crippen LogP contribution is -2.43. The highest BCUT2D eigenvalue weighted by Gasteiger charge is 2.46. The highest BCUT2D eigenvalue weighted by Crippen LogP contribution is 2.45. The third-order valence-electron chi connectivity index (χ3n) is 5.96. The average molecular weight is 378 g/mol. The van der Waals surface area contributed by atoms with Crippen LogP contribution in [-0.2, 0) is 18.2 Å². The molecule has 1 amide bonds. The van der Waals surface area contributed by atoms with Crippen LogP contribution in [0.2, 0.25) is 0 Å². The Labute approximate surface area is 163 Å². The van der Waals surface area contributed by atoms with Gasteiger partial charge in [-0.1, -0.05) is 24.3 Å². The van der Waals surface area contributed by atoms with Gasteiger partial charge in [0, 0.05) is 23.6 Å². The summed E-state index contributed by atoms with van der Waals surface area (Å²) >= 11 is 0. The molecule has 0 bridgehead atoms. The fourth-order valence-corrected chi connectivity index (χ4v) is 4.71. The number of fused-ring (bicyclic) bond motifs is 4.